The first-order chi connectivity index (χ1) is 9.93. The molecule has 5 nitrogen and oxygen atoms in total. The summed E-state index contributed by atoms with van der Waals surface area (Å²) < 4.78 is 43.0. The van der Waals surface area contributed by atoms with Gasteiger partial charge in [-0.25, -0.2) is 4.79 Å². The van der Waals surface area contributed by atoms with Crippen LogP contribution in [0.4, 0.5) is 3.89 Å². The van der Waals surface area contributed by atoms with Crippen LogP contribution in [0.5, 0.6) is 5.75 Å². The second kappa shape index (κ2) is 6.50. The van der Waals surface area contributed by atoms with E-state index in [1.54, 1.807) is 0 Å². The molecular weight excluding hydrogens is 327 g/mol. The quantitative estimate of drug-likeness (QED) is 0.365. The van der Waals surface area contributed by atoms with Crippen molar-refractivity contribution in [2.24, 2.45) is 0 Å². The summed E-state index contributed by atoms with van der Waals surface area (Å²) in [6.45, 7) is 7.63. The molecule has 0 heterocycles. The largest absolute Gasteiger partial charge is 0.488 e. The summed E-state index contributed by atoms with van der Waals surface area (Å²) >= 11 is 0. The van der Waals surface area contributed by atoms with E-state index in [1.807, 2.05) is 19.6 Å². The van der Waals surface area contributed by atoms with Gasteiger partial charge in [-0.1, -0.05) is 29.4 Å². The van der Waals surface area contributed by atoms with Gasteiger partial charge in [-0.15, -0.1) is 5.54 Å². The molecule has 120 valence electrons. The van der Waals surface area contributed by atoms with Crippen molar-refractivity contribution in [3.8, 4) is 17.2 Å². The molecule has 22 heavy (non-hydrogen) atoms. The van der Waals surface area contributed by atoms with Crippen LogP contribution in [0.2, 0.25) is 19.6 Å². The molecule has 0 N–H and O–H groups in total. The summed E-state index contributed by atoms with van der Waals surface area (Å²) in [5, 5.41) is 0. The molecular formula is C14H17FO5SSi. The fourth-order valence-corrected chi connectivity index (χ4v) is 2.40. The van der Waals surface area contributed by atoms with Crippen molar-refractivity contribution in [3.05, 3.63) is 28.8 Å². The molecule has 0 aliphatic heterocycles. The maximum absolute atomic E-state index is 12.8. The maximum Gasteiger partial charge on any atom is 0.488 e. The van der Waals surface area contributed by atoms with Gasteiger partial charge in [0.1, 0.15) is 13.8 Å². The van der Waals surface area contributed by atoms with E-state index in [4.69, 9.17) is 0 Å². The smallest absolute Gasteiger partial charge is 0.465 e. The molecule has 0 spiro atoms. The van der Waals surface area contributed by atoms with Crippen molar-refractivity contribution in [1.82, 2.24) is 0 Å². The van der Waals surface area contributed by atoms with Gasteiger partial charge in [0, 0.05) is 11.1 Å². The van der Waals surface area contributed by atoms with Crippen LogP contribution < -0.4 is 4.18 Å². The molecule has 0 aromatic heterocycles. The average molecular weight is 344 g/mol. The normalized spacial score (nSPS) is 11.4. The molecule has 1 aromatic carbocycles. The zero-order chi connectivity index (χ0) is 17.1. The number of rotatable bonds is 3. The standard InChI is InChI=1S/C14H17FO5SSi/c1-10-11(6-7-22(3,4)5)8-12(14(16)19-2)9-13(10)20-21(15,17)18/h8-9H,1-5H3. The Morgan fingerprint density at radius 2 is 1.86 bits per heavy atom. The summed E-state index contributed by atoms with van der Waals surface area (Å²) in [5.74, 6) is 1.92. The third-order valence-electron chi connectivity index (χ3n) is 2.54. The van der Waals surface area contributed by atoms with E-state index < -0.39 is 24.5 Å². The van der Waals surface area contributed by atoms with Crippen LogP contribution in [0.1, 0.15) is 21.5 Å². The molecule has 1 aromatic rings. The Kier molecular flexibility index (Phi) is 5.38. The molecule has 0 amide bonds. The minimum atomic E-state index is -5.20. The Morgan fingerprint density at radius 1 is 1.27 bits per heavy atom. The first-order valence-electron chi connectivity index (χ1n) is 6.33. The van der Waals surface area contributed by atoms with Crippen LogP contribution in [0.15, 0.2) is 12.1 Å². The average Bonchev–Trinajstić information content (AvgIpc) is 2.36. The first-order valence-corrected chi connectivity index (χ1v) is 11.1. The van der Waals surface area contributed by atoms with Crippen LogP contribution in [-0.4, -0.2) is 29.6 Å². The Hall–Kier alpha value is -1.85. The van der Waals surface area contributed by atoms with Crippen molar-refractivity contribution in [2.45, 2.75) is 26.6 Å². The summed E-state index contributed by atoms with van der Waals surface area (Å²) in [6.07, 6.45) is 0. The molecule has 0 fully saturated rings. The molecule has 0 unspecified atom stereocenters. The van der Waals surface area contributed by atoms with Crippen LogP contribution in [-0.2, 0) is 15.2 Å². The molecule has 0 saturated carbocycles. The highest BCUT2D eigenvalue weighted by Gasteiger charge is 2.18. The number of ether oxygens (including phenoxy) is 1. The van der Waals surface area contributed by atoms with E-state index in [9.17, 15) is 17.1 Å². The summed E-state index contributed by atoms with van der Waals surface area (Å²) in [6, 6.07) is 2.57. The first kappa shape index (κ1) is 18.2. The summed E-state index contributed by atoms with van der Waals surface area (Å²) in [4.78, 5) is 11.6. The van der Waals surface area contributed by atoms with Crippen LogP contribution in [0.25, 0.3) is 0 Å². The zero-order valence-corrected chi connectivity index (χ0v) is 14.8. The lowest BCUT2D eigenvalue weighted by molar-refractivity contribution is 0.0600. The highest BCUT2D eigenvalue weighted by molar-refractivity contribution is 7.81. The monoisotopic (exact) mass is 344 g/mol. The van der Waals surface area contributed by atoms with Gasteiger partial charge < -0.3 is 8.92 Å². The second-order valence-electron chi connectivity index (χ2n) is 5.61. The molecule has 0 saturated heterocycles. The molecule has 8 heteroatoms. The predicted molar refractivity (Wildman–Crippen MR) is 83.4 cm³/mol. The van der Waals surface area contributed by atoms with E-state index in [0.717, 1.165) is 6.07 Å². The van der Waals surface area contributed by atoms with Gasteiger partial charge in [-0.05, 0) is 19.1 Å². The van der Waals surface area contributed by atoms with Gasteiger partial charge >= 0.3 is 16.5 Å². The highest BCUT2D eigenvalue weighted by Crippen LogP contribution is 2.26. The molecule has 0 aliphatic rings. The van der Waals surface area contributed by atoms with Crippen LogP contribution in [0, 0.1) is 18.4 Å². The van der Waals surface area contributed by atoms with Gasteiger partial charge in [0.2, 0.25) is 0 Å². The van der Waals surface area contributed by atoms with Gasteiger partial charge in [0.15, 0.2) is 0 Å². The molecule has 0 radical (unpaired) electrons. The zero-order valence-electron chi connectivity index (χ0n) is 13.0. The van der Waals surface area contributed by atoms with Crippen LogP contribution in [0.3, 0.4) is 0 Å². The van der Waals surface area contributed by atoms with E-state index in [0.29, 0.717) is 11.1 Å². The van der Waals surface area contributed by atoms with Crippen molar-refractivity contribution >= 4 is 24.5 Å². The lowest BCUT2D eigenvalue weighted by Crippen LogP contribution is -2.16. The number of benzene rings is 1. The summed E-state index contributed by atoms with van der Waals surface area (Å²) in [5.41, 5.74) is 3.85. The van der Waals surface area contributed by atoms with Gasteiger partial charge in [-0.2, -0.15) is 8.42 Å². The lowest BCUT2D eigenvalue weighted by Gasteiger charge is -2.10. The van der Waals surface area contributed by atoms with Crippen LogP contribution >= 0.6 is 0 Å². The topological polar surface area (TPSA) is 69.7 Å². The van der Waals surface area contributed by atoms with Gasteiger partial charge in [0.25, 0.3) is 0 Å². The number of hydrogen-bond donors (Lipinski definition) is 0. The number of methoxy groups -OCH3 is 1. The fourth-order valence-electron chi connectivity index (χ4n) is 1.50. The van der Waals surface area contributed by atoms with Crippen molar-refractivity contribution in [1.29, 1.82) is 0 Å². The van der Waals surface area contributed by atoms with Crippen molar-refractivity contribution in [3.63, 3.8) is 0 Å². The Balaban J connectivity index is 3.51. The highest BCUT2D eigenvalue weighted by atomic mass is 32.3. The third-order valence-corrected chi connectivity index (χ3v) is 3.80. The molecule has 0 aliphatic carbocycles. The number of hydrogen-bond acceptors (Lipinski definition) is 5. The van der Waals surface area contributed by atoms with E-state index in [2.05, 4.69) is 20.4 Å². The Bertz CT molecular complexity index is 754. The number of carbonyl (C=O) groups excluding carboxylic acids is 1. The Morgan fingerprint density at radius 3 is 2.32 bits per heavy atom. The van der Waals surface area contributed by atoms with Crippen molar-refractivity contribution < 1.29 is 26.0 Å². The predicted octanol–water partition coefficient (Wildman–Crippen LogP) is 2.60. The Labute approximate surface area is 130 Å². The minimum Gasteiger partial charge on any atom is -0.465 e. The molecule has 0 bridgehead atoms. The van der Waals surface area contributed by atoms with Gasteiger partial charge in [-0.3, -0.25) is 0 Å². The maximum atomic E-state index is 12.8. The second-order valence-corrected chi connectivity index (χ2v) is 11.3. The van der Waals surface area contributed by atoms with Crippen molar-refractivity contribution in [2.75, 3.05) is 7.11 Å². The lowest BCUT2D eigenvalue weighted by atomic mass is 10.0. The van der Waals surface area contributed by atoms with E-state index in [-0.39, 0.29) is 11.3 Å². The summed E-state index contributed by atoms with van der Waals surface area (Å²) in [7, 11) is -5.71. The van der Waals surface area contributed by atoms with E-state index in [1.165, 1.54) is 20.1 Å². The SMILES string of the molecule is COC(=O)c1cc(C#C[Si](C)(C)C)c(C)c(OS(=O)(=O)F)c1. The number of esters is 1. The third kappa shape index (κ3) is 5.50. The fraction of sp³-hybridized carbons (Fsp3) is 0.357. The van der Waals surface area contributed by atoms with Gasteiger partial charge in [0.05, 0.1) is 12.7 Å². The minimum absolute atomic E-state index is 0.0339. The van der Waals surface area contributed by atoms with E-state index >= 15 is 0 Å². The molecule has 0 atom stereocenters. The number of halogens is 1. The molecule has 1 rings (SSSR count). The number of carbonyl (C=O) groups is 1.